The molecule has 0 spiro atoms. The molecule has 0 bridgehead atoms. The maximum absolute atomic E-state index is 12.7. The number of carbonyl (C=O) groups is 2. The molecule has 1 saturated heterocycles. The molecule has 32 heavy (non-hydrogen) atoms. The summed E-state index contributed by atoms with van der Waals surface area (Å²) in [5.41, 5.74) is 0.959. The highest BCUT2D eigenvalue weighted by molar-refractivity contribution is 6.36. The summed E-state index contributed by atoms with van der Waals surface area (Å²) in [6.07, 6.45) is 0. The van der Waals surface area contributed by atoms with E-state index in [1.54, 1.807) is 35.2 Å². The van der Waals surface area contributed by atoms with Gasteiger partial charge in [-0.2, -0.15) is 0 Å². The van der Waals surface area contributed by atoms with E-state index >= 15 is 0 Å². The van der Waals surface area contributed by atoms with Crippen molar-refractivity contribution in [3.05, 3.63) is 45.9 Å². The van der Waals surface area contributed by atoms with Crippen LogP contribution in [0.1, 0.15) is 10.4 Å². The molecule has 1 aliphatic heterocycles. The number of benzene rings is 2. The number of piperazine rings is 1. The summed E-state index contributed by atoms with van der Waals surface area (Å²) < 4.78 is 15.9. The SMILES string of the molecule is COc1cc(NC(=O)CN2CCN(C(=O)c3ccc(Cl)cc3Cl)CC2)cc(OC)c1OC. The highest BCUT2D eigenvalue weighted by Gasteiger charge is 2.25. The molecular formula is C22H25Cl2N3O5. The summed E-state index contributed by atoms with van der Waals surface area (Å²) in [5, 5.41) is 3.67. The Morgan fingerprint density at radius 2 is 1.56 bits per heavy atom. The van der Waals surface area contributed by atoms with Crippen molar-refractivity contribution in [3.8, 4) is 17.2 Å². The van der Waals surface area contributed by atoms with Gasteiger partial charge in [-0.05, 0) is 18.2 Å². The van der Waals surface area contributed by atoms with Crippen LogP contribution in [0.25, 0.3) is 0 Å². The fourth-order valence-corrected chi connectivity index (χ4v) is 3.99. The van der Waals surface area contributed by atoms with E-state index in [-0.39, 0.29) is 18.4 Å². The Bertz CT molecular complexity index is 969. The zero-order chi connectivity index (χ0) is 23.3. The lowest BCUT2D eigenvalue weighted by molar-refractivity contribution is -0.117. The van der Waals surface area contributed by atoms with Crippen LogP contribution in [0.5, 0.6) is 17.2 Å². The Hall–Kier alpha value is -2.68. The summed E-state index contributed by atoms with van der Waals surface area (Å²) in [5.74, 6) is 1.04. The third kappa shape index (κ3) is 5.56. The molecule has 8 nitrogen and oxygen atoms in total. The van der Waals surface area contributed by atoms with Gasteiger partial charge in [-0.3, -0.25) is 14.5 Å². The summed E-state index contributed by atoms with van der Waals surface area (Å²) in [7, 11) is 4.55. The number of carbonyl (C=O) groups excluding carboxylic acids is 2. The van der Waals surface area contributed by atoms with E-state index in [1.807, 2.05) is 4.90 Å². The third-order valence-electron chi connectivity index (χ3n) is 5.14. The molecule has 1 aliphatic rings. The largest absolute Gasteiger partial charge is 0.493 e. The molecule has 1 N–H and O–H groups in total. The smallest absolute Gasteiger partial charge is 0.255 e. The Morgan fingerprint density at radius 1 is 0.938 bits per heavy atom. The van der Waals surface area contributed by atoms with E-state index < -0.39 is 0 Å². The zero-order valence-electron chi connectivity index (χ0n) is 18.1. The van der Waals surface area contributed by atoms with Crippen LogP contribution in [0.3, 0.4) is 0 Å². The molecule has 10 heteroatoms. The fraction of sp³-hybridized carbons (Fsp3) is 0.364. The van der Waals surface area contributed by atoms with Crippen LogP contribution in [0, 0.1) is 0 Å². The molecule has 1 heterocycles. The van der Waals surface area contributed by atoms with Crippen molar-refractivity contribution < 1.29 is 23.8 Å². The zero-order valence-corrected chi connectivity index (χ0v) is 19.6. The number of rotatable bonds is 7. The van der Waals surface area contributed by atoms with Crippen LogP contribution in [-0.4, -0.2) is 75.7 Å². The number of nitrogens with one attached hydrogen (secondary N) is 1. The van der Waals surface area contributed by atoms with Gasteiger partial charge in [0.15, 0.2) is 11.5 Å². The van der Waals surface area contributed by atoms with Gasteiger partial charge in [0.25, 0.3) is 5.91 Å². The third-order valence-corrected chi connectivity index (χ3v) is 5.68. The van der Waals surface area contributed by atoms with Gasteiger partial charge >= 0.3 is 0 Å². The molecule has 1 fully saturated rings. The van der Waals surface area contributed by atoms with Crippen molar-refractivity contribution in [2.75, 3.05) is 59.4 Å². The normalized spacial score (nSPS) is 14.1. The molecule has 0 atom stereocenters. The Balaban J connectivity index is 1.56. The van der Waals surface area contributed by atoms with E-state index in [0.717, 1.165) is 0 Å². The molecule has 2 aromatic rings. The van der Waals surface area contributed by atoms with Gasteiger partial charge in [-0.15, -0.1) is 0 Å². The van der Waals surface area contributed by atoms with Crippen molar-refractivity contribution in [2.24, 2.45) is 0 Å². The van der Waals surface area contributed by atoms with E-state index in [1.165, 1.54) is 21.3 Å². The molecule has 0 aromatic heterocycles. The van der Waals surface area contributed by atoms with E-state index in [9.17, 15) is 9.59 Å². The van der Waals surface area contributed by atoms with E-state index in [4.69, 9.17) is 37.4 Å². The molecule has 3 rings (SSSR count). The summed E-state index contributed by atoms with van der Waals surface area (Å²) in [6, 6.07) is 8.17. The number of ether oxygens (including phenoxy) is 3. The first-order valence-corrected chi connectivity index (χ1v) is 10.7. The second kappa shape index (κ2) is 10.8. The van der Waals surface area contributed by atoms with Crippen molar-refractivity contribution >= 4 is 40.7 Å². The van der Waals surface area contributed by atoms with Gasteiger partial charge in [0.05, 0.1) is 38.5 Å². The van der Waals surface area contributed by atoms with Crippen LogP contribution >= 0.6 is 23.2 Å². The standard InChI is InChI=1S/C22H25Cl2N3O5/c1-30-18-11-15(12-19(31-2)21(18)32-3)25-20(28)13-26-6-8-27(9-7-26)22(29)16-5-4-14(23)10-17(16)24/h4-5,10-12H,6-9,13H2,1-3H3,(H,25,28). The Morgan fingerprint density at radius 3 is 2.09 bits per heavy atom. The second-order valence-electron chi connectivity index (χ2n) is 7.15. The highest BCUT2D eigenvalue weighted by Crippen LogP contribution is 2.39. The molecule has 0 unspecified atom stereocenters. The number of methoxy groups -OCH3 is 3. The van der Waals surface area contributed by atoms with E-state index in [0.29, 0.717) is 64.7 Å². The lowest BCUT2D eigenvalue weighted by Gasteiger charge is -2.34. The van der Waals surface area contributed by atoms with Gasteiger partial charge in [0, 0.05) is 49.0 Å². The maximum Gasteiger partial charge on any atom is 0.255 e. The van der Waals surface area contributed by atoms with Gasteiger partial charge in [0.1, 0.15) is 0 Å². The minimum absolute atomic E-state index is 0.145. The summed E-state index contributed by atoms with van der Waals surface area (Å²) >= 11 is 12.1. The van der Waals surface area contributed by atoms with E-state index in [2.05, 4.69) is 5.32 Å². The molecular weight excluding hydrogens is 457 g/mol. The average molecular weight is 482 g/mol. The van der Waals surface area contributed by atoms with Crippen LogP contribution in [0.15, 0.2) is 30.3 Å². The minimum atomic E-state index is -0.181. The van der Waals surface area contributed by atoms with Crippen LogP contribution in [0.2, 0.25) is 10.0 Å². The average Bonchev–Trinajstić information content (AvgIpc) is 2.78. The first-order valence-electron chi connectivity index (χ1n) is 9.92. The molecule has 0 saturated carbocycles. The highest BCUT2D eigenvalue weighted by atomic mass is 35.5. The minimum Gasteiger partial charge on any atom is -0.493 e. The predicted molar refractivity (Wildman–Crippen MR) is 124 cm³/mol. The Kier molecular flexibility index (Phi) is 8.06. The number of amides is 2. The van der Waals surface area contributed by atoms with Crippen molar-refractivity contribution in [3.63, 3.8) is 0 Å². The predicted octanol–water partition coefficient (Wildman–Crippen LogP) is 3.42. The molecule has 2 amide bonds. The van der Waals surface area contributed by atoms with Crippen LogP contribution < -0.4 is 19.5 Å². The first-order chi connectivity index (χ1) is 15.4. The van der Waals surface area contributed by atoms with Crippen LogP contribution in [0.4, 0.5) is 5.69 Å². The van der Waals surface area contributed by atoms with Crippen molar-refractivity contribution in [1.29, 1.82) is 0 Å². The fourth-order valence-electron chi connectivity index (χ4n) is 3.50. The topological polar surface area (TPSA) is 80.3 Å². The van der Waals surface area contributed by atoms with Gasteiger partial charge in [0.2, 0.25) is 11.7 Å². The summed E-state index contributed by atoms with van der Waals surface area (Å²) in [4.78, 5) is 29.0. The van der Waals surface area contributed by atoms with Crippen molar-refractivity contribution in [2.45, 2.75) is 0 Å². The lowest BCUT2D eigenvalue weighted by Crippen LogP contribution is -2.50. The quantitative estimate of drug-likeness (QED) is 0.652. The van der Waals surface area contributed by atoms with Crippen LogP contribution in [-0.2, 0) is 4.79 Å². The molecule has 2 aromatic carbocycles. The maximum atomic E-state index is 12.7. The second-order valence-corrected chi connectivity index (χ2v) is 8.00. The number of hydrogen-bond acceptors (Lipinski definition) is 6. The molecule has 0 radical (unpaired) electrons. The van der Waals surface area contributed by atoms with Gasteiger partial charge in [-0.25, -0.2) is 0 Å². The number of halogens is 2. The molecule has 0 aliphatic carbocycles. The monoisotopic (exact) mass is 481 g/mol. The Labute approximate surface area is 196 Å². The van der Waals surface area contributed by atoms with Gasteiger partial charge in [-0.1, -0.05) is 23.2 Å². The number of nitrogens with zero attached hydrogens (tertiary/aromatic N) is 2. The summed E-state index contributed by atoms with van der Waals surface area (Å²) in [6.45, 7) is 2.32. The number of hydrogen-bond donors (Lipinski definition) is 1. The van der Waals surface area contributed by atoms with Gasteiger partial charge < -0.3 is 24.4 Å². The van der Waals surface area contributed by atoms with Crippen molar-refractivity contribution in [1.82, 2.24) is 9.80 Å². The molecule has 172 valence electrons. The lowest BCUT2D eigenvalue weighted by atomic mass is 10.1. The first kappa shape index (κ1) is 24.0. The number of anilines is 1.